The maximum absolute atomic E-state index is 12.7. The summed E-state index contributed by atoms with van der Waals surface area (Å²) in [5.41, 5.74) is -1.30. The lowest BCUT2D eigenvalue weighted by atomic mass is 10.1. The van der Waals surface area contributed by atoms with E-state index in [1.54, 1.807) is 13.0 Å². The van der Waals surface area contributed by atoms with Crippen LogP contribution in [0.3, 0.4) is 0 Å². The first-order chi connectivity index (χ1) is 13.0. The lowest BCUT2D eigenvalue weighted by Gasteiger charge is -2.14. The number of pyridine rings is 1. The van der Waals surface area contributed by atoms with E-state index in [-0.39, 0.29) is 11.3 Å². The monoisotopic (exact) mass is 421 g/mol. The Bertz CT molecular complexity index is 903. The highest BCUT2D eigenvalue weighted by Crippen LogP contribution is 2.31. The van der Waals surface area contributed by atoms with E-state index < -0.39 is 47.2 Å². The predicted molar refractivity (Wildman–Crippen MR) is 91.7 cm³/mol. The number of hydrogen-bond donors (Lipinski definition) is 2. The van der Waals surface area contributed by atoms with Gasteiger partial charge in [0.1, 0.15) is 5.69 Å². The zero-order valence-electron chi connectivity index (χ0n) is 14.2. The summed E-state index contributed by atoms with van der Waals surface area (Å²) >= 11 is 5.74. The molecule has 0 saturated heterocycles. The van der Waals surface area contributed by atoms with E-state index in [0.29, 0.717) is 17.8 Å². The highest BCUT2D eigenvalue weighted by molar-refractivity contribution is 6.34. The highest BCUT2D eigenvalue weighted by Gasteiger charge is 2.32. The molecule has 0 aliphatic rings. The third-order valence-corrected chi connectivity index (χ3v) is 3.84. The van der Waals surface area contributed by atoms with Crippen LogP contribution in [0.15, 0.2) is 30.5 Å². The first kappa shape index (κ1) is 21.5. The lowest BCUT2D eigenvalue weighted by molar-refractivity contribution is -0.137. The molecule has 0 saturated carbocycles. The number of halogens is 6. The van der Waals surface area contributed by atoms with Crippen molar-refractivity contribution < 1.29 is 31.5 Å². The Balaban J connectivity index is 2.30. The Morgan fingerprint density at radius 3 is 2.46 bits per heavy atom. The van der Waals surface area contributed by atoms with Gasteiger partial charge in [0.05, 0.1) is 28.4 Å². The minimum absolute atomic E-state index is 0.00275. The number of benzene rings is 1. The van der Waals surface area contributed by atoms with E-state index >= 15 is 0 Å². The predicted octanol–water partition coefficient (Wildman–Crippen LogP) is 4.31. The molecule has 2 N–H and O–H groups in total. The van der Waals surface area contributed by atoms with Crippen molar-refractivity contribution in [3.63, 3.8) is 0 Å². The van der Waals surface area contributed by atoms with Crippen molar-refractivity contribution in [1.82, 2.24) is 10.3 Å². The van der Waals surface area contributed by atoms with Crippen LogP contribution < -0.4 is 10.6 Å². The molecule has 0 bridgehead atoms. The number of rotatable bonds is 5. The first-order valence-electron chi connectivity index (χ1n) is 7.70. The molecule has 150 valence electrons. The molecule has 2 amide bonds. The molecule has 0 unspecified atom stereocenters. The fraction of sp³-hybridized carbons (Fsp3) is 0.235. The van der Waals surface area contributed by atoms with Gasteiger partial charge in [-0.05, 0) is 24.6 Å². The average Bonchev–Trinajstić information content (AvgIpc) is 2.60. The summed E-state index contributed by atoms with van der Waals surface area (Å²) in [6, 6.07) is 4.87. The third-order valence-electron chi connectivity index (χ3n) is 3.56. The van der Waals surface area contributed by atoms with Crippen LogP contribution in [0.4, 0.5) is 27.6 Å². The van der Waals surface area contributed by atoms with Crippen molar-refractivity contribution in [1.29, 1.82) is 0 Å². The van der Waals surface area contributed by atoms with Crippen molar-refractivity contribution in [2.24, 2.45) is 0 Å². The van der Waals surface area contributed by atoms with Crippen LogP contribution in [0.2, 0.25) is 5.02 Å². The maximum atomic E-state index is 12.7. The molecule has 0 spiro atoms. The molecule has 2 rings (SSSR count). The Labute approximate surface area is 160 Å². The number of hydrogen-bond acceptors (Lipinski definition) is 3. The maximum Gasteiger partial charge on any atom is 0.417 e. The summed E-state index contributed by atoms with van der Waals surface area (Å²) in [6.07, 6.45) is -6.99. The first-order valence-corrected chi connectivity index (χ1v) is 8.08. The highest BCUT2D eigenvalue weighted by atomic mass is 35.5. The van der Waals surface area contributed by atoms with Crippen LogP contribution in [0.1, 0.15) is 32.0 Å². The van der Waals surface area contributed by atoms with Gasteiger partial charge >= 0.3 is 6.18 Å². The van der Waals surface area contributed by atoms with Crippen LogP contribution in [-0.2, 0) is 6.18 Å². The van der Waals surface area contributed by atoms with Crippen LogP contribution >= 0.6 is 11.6 Å². The normalized spacial score (nSPS) is 11.4. The van der Waals surface area contributed by atoms with Crippen molar-refractivity contribution in [3.8, 4) is 0 Å². The quantitative estimate of drug-likeness (QED) is 0.707. The fourth-order valence-corrected chi connectivity index (χ4v) is 2.47. The molecule has 28 heavy (non-hydrogen) atoms. The van der Waals surface area contributed by atoms with Gasteiger partial charge < -0.3 is 10.6 Å². The van der Waals surface area contributed by atoms with Crippen molar-refractivity contribution >= 4 is 29.1 Å². The number of nitrogens with zero attached hydrogens (tertiary/aromatic N) is 1. The number of nitrogens with one attached hydrogen (secondary N) is 2. The number of aromatic nitrogens is 1. The SMILES string of the molecule is Cc1cccc(C(=O)NCC(F)F)c1NC(=O)c1ncc(C(F)(F)F)cc1Cl. The van der Waals surface area contributed by atoms with Gasteiger partial charge in [0.2, 0.25) is 0 Å². The van der Waals surface area contributed by atoms with Gasteiger partial charge in [-0.2, -0.15) is 13.2 Å². The van der Waals surface area contributed by atoms with Gasteiger partial charge in [-0.15, -0.1) is 0 Å². The number of carbonyl (C=O) groups excluding carboxylic acids is 2. The average molecular weight is 422 g/mol. The molecule has 0 radical (unpaired) electrons. The molecule has 2 aromatic rings. The van der Waals surface area contributed by atoms with Gasteiger partial charge in [-0.25, -0.2) is 13.8 Å². The van der Waals surface area contributed by atoms with Crippen LogP contribution in [0.25, 0.3) is 0 Å². The molecule has 1 aromatic carbocycles. The summed E-state index contributed by atoms with van der Waals surface area (Å²) in [5, 5.41) is 3.82. The van der Waals surface area contributed by atoms with Crippen molar-refractivity contribution in [2.75, 3.05) is 11.9 Å². The van der Waals surface area contributed by atoms with Gasteiger partial charge in [-0.3, -0.25) is 9.59 Å². The molecule has 11 heteroatoms. The van der Waals surface area contributed by atoms with Crippen LogP contribution in [-0.4, -0.2) is 29.8 Å². The minimum atomic E-state index is -4.68. The zero-order valence-corrected chi connectivity index (χ0v) is 15.0. The zero-order chi connectivity index (χ0) is 21.1. The Morgan fingerprint density at radius 1 is 1.21 bits per heavy atom. The smallest absolute Gasteiger partial charge is 0.346 e. The molecule has 0 atom stereocenters. The van der Waals surface area contributed by atoms with Crippen molar-refractivity contribution in [2.45, 2.75) is 19.5 Å². The van der Waals surface area contributed by atoms with Crippen LogP contribution in [0.5, 0.6) is 0 Å². The van der Waals surface area contributed by atoms with E-state index in [1.165, 1.54) is 12.1 Å². The Morgan fingerprint density at radius 2 is 1.89 bits per heavy atom. The summed E-state index contributed by atoms with van der Waals surface area (Å²) in [5.74, 6) is -1.82. The molecular weight excluding hydrogens is 409 g/mol. The third kappa shape index (κ3) is 5.16. The Hall–Kier alpha value is -2.75. The molecule has 0 aliphatic heterocycles. The summed E-state index contributed by atoms with van der Waals surface area (Å²) in [7, 11) is 0. The fourth-order valence-electron chi connectivity index (χ4n) is 2.22. The minimum Gasteiger partial charge on any atom is -0.346 e. The van der Waals surface area contributed by atoms with E-state index in [2.05, 4.69) is 10.3 Å². The number of para-hydroxylation sites is 1. The molecule has 0 fully saturated rings. The molecule has 5 nitrogen and oxygen atoms in total. The Kier molecular flexibility index (Phi) is 6.55. The molecular formula is C17H13ClF5N3O2. The molecule has 0 aliphatic carbocycles. The van der Waals surface area contributed by atoms with Crippen molar-refractivity contribution in [3.05, 3.63) is 57.9 Å². The van der Waals surface area contributed by atoms with Crippen LogP contribution in [0, 0.1) is 6.92 Å². The van der Waals surface area contributed by atoms with Gasteiger partial charge in [-0.1, -0.05) is 23.7 Å². The van der Waals surface area contributed by atoms with Gasteiger partial charge in [0.15, 0.2) is 0 Å². The number of alkyl halides is 5. The number of aryl methyl sites for hydroxylation is 1. The number of anilines is 1. The second-order valence-electron chi connectivity index (χ2n) is 5.60. The summed E-state index contributed by atoms with van der Waals surface area (Å²) in [4.78, 5) is 27.9. The van der Waals surface area contributed by atoms with E-state index in [9.17, 15) is 31.5 Å². The summed E-state index contributed by atoms with van der Waals surface area (Å²) in [6.45, 7) is 0.660. The second-order valence-corrected chi connectivity index (χ2v) is 6.01. The second kappa shape index (κ2) is 8.51. The van der Waals surface area contributed by atoms with E-state index in [4.69, 9.17) is 11.6 Å². The topological polar surface area (TPSA) is 71.1 Å². The number of amides is 2. The molecule has 1 aromatic heterocycles. The lowest BCUT2D eigenvalue weighted by Crippen LogP contribution is -2.29. The molecule has 1 heterocycles. The number of carbonyl (C=O) groups is 2. The largest absolute Gasteiger partial charge is 0.417 e. The van der Waals surface area contributed by atoms with E-state index in [1.807, 2.05) is 5.32 Å². The van der Waals surface area contributed by atoms with Gasteiger partial charge in [0, 0.05) is 6.20 Å². The standard InChI is InChI=1S/C17H13ClF5N3O2/c1-8-3-2-4-10(15(27)25-7-12(19)20)13(8)26-16(28)14-11(18)5-9(6-24-14)17(21,22)23/h2-6,12H,7H2,1H3,(H,25,27)(H,26,28). The van der Waals surface area contributed by atoms with E-state index in [0.717, 1.165) is 0 Å². The van der Waals surface area contributed by atoms with Gasteiger partial charge in [0.25, 0.3) is 18.2 Å². The summed E-state index contributed by atoms with van der Waals surface area (Å²) < 4.78 is 62.6.